The van der Waals surface area contributed by atoms with E-state index in [0.717, 1.165) is 5.56 Å². The van der Waals surface area contributed by atoms with Gasteiger partial charge in [0.2, 0.25) is 0 Å². The van der Waals surface area contributed by atoms with E-state index in [0.29, 0.717) is 5.69 Å². The third-order valence-electron chi connectivity index (χ3n) is 2.48. The second-order valence-corrected chi connectivity index (χ2v) is 4.22. The Bertz CT molecular complexity index is 599. The number of anilines is 1. The molecule has 0 saturated carbocycles. The first-order valence-electron chi connectivity index (χ1n) is 5.28. The maximum absolute atomic E-state index is 12.0. The van der Waals surface area contributed by atoms with Crippen molar-refractivity contribution in [1.29, 1.82) is 0 Å². The van der Waals surface area contributed by atoms with Crippen molar-refractivity contribution >= 4 is 23.2 Å². The molecule has 0 spiro atoms. The number of nitrogens with zero attached hydrogens (tertiary/aromatic N) is 1. The number of amides is 1. The summed E-state index contributed by atoms with van der Waals surface area (Å²) in [7, 11) is 0. The Kier molecular flexibility index (Phi) is 3.48. The predicted molar refractivity (Wildman–Crippen MR) is 70.0 cm³/mol. The number of carbonyl (C=O) groups excluding carboxylic acids is 1. The number of hydrogen-bond donors (Lipinski definition) is 2. The van der Waals surface area contributed by atoms with Gasteiger partial charge in [-0.15, -0.1) is 0 Å². The molecule has 0 unspecified atom stereocenters. The topological polar surface area (TPSA) is 62.2 Å². The smallest absolute Gasteiger partial charge is 0.257 e. The quantitative estimate of drug-likeness (QED) is 0.875. The van der Waals surface area contributed by atoms with Gasteiger partial charge in [-0.1, -0.05) is 11.6 Å². The van der Waals surface area contributed by atoms with E-state index in [1.165, 1.54) is 18.2 Å². The molecule has 18 heavy (non-hydrogen) atoms. The number of halogens is 1. The molecule has 5 heteroatoms. The van der Waals surface area contributed by atoms with E-state index in [9.17, 15) is 9.90 Å². The van der Waals surface area contributed by atoms with Crippen molar-refractivity contribution in [3.05, 3.63) is 52.8 Å². The molecule has 0 atom stereocenters. The van der Waals surface area contributed by atoms with Crippen molar-refractivity contribution < 1.29 is 9.90 Å². The molecule has 4 nitrogen and oxygen atoms in total. The maximum Gasteiger partial charge on any atom is 0.257 e. The van der Waals surface area contributed by atoms with Crippen molar-refractivity contribution in [3.63, 3.8) is 0 Å². The lowest BCUT2D eigenvalue weighted by Gasteiger charge is -2.08. The van der Waals surface area contributed by atoms with Gasteiger partial charge in [-0.2, -0.15) is 0 Å². The van der Waals surface area contributed by atoms with Crippen LogP contribution in [0.25, 0.3) is 0 Å². The Morgan fingerprint density at radius 3 is 2.89 bits per heavy atom. The average molecular weight is 263 g/mol. The van der Waals surface area contributed by atoms with Crippen LogP contribution in [0.2, 0.25) is 5.02 Å². The molecule has 2 rings (SSSR count). The van der Waals surface area contributed by atoms with Crippen LogP contribution in [0, 0.1) is 6.92 Å². The maximum atomic E-state index is 12.0. The minimum atomic E-state index is -0.382. The van der Waals surface area contributed by atoms with Crippen LogP contribution in [0.3, 0.4) is 0 Å². The third-order valence-corrected chi connectivity index (χ3v) is 2.81. The van der Waals surface area contributed by atoms with Crippen LogP contribution in [0.15, 0.2) is 36.7 Å². The van der Waals surface area contributed by atoms with Gasteiger partial charge in [-0.05, 0) is 36.8 Å². The summed E-state index contributed by atoms with van der Waals surface area (Å²) in [6.45, 7) is 1.86. The number of aryl methyl sites for hydroxylation is 1. The summed E-state index contributed by atoms with van der Waals surface area (Å²) in [5.41, 5.74) is 1.73. The van der Waals surface area contributed by atoms with E-state index in [4.69, 9.17) is 11.6 Å². The Morgan fingerprint density at radius 2 is 2.17 bits per heavy atom. The van der Waals surface area contributed by atoms with Gasteiger partial charge in [0.25, 0.3) is 5.91 Å². The minimum absolute atomic E-state index is 0.00698. The van der Waals surface area contributed by atoms with Crippen LogP contribution in [-0.2, 0) is 0 Å². The number of phenols is 1. The van der Waals surface area contributed by atoms with Crippen LogP contribution in [0.1, 0.15) is 15.9 Å². The second-order valence-electron chi connectivity index (χ2n) is 3.81. The molecule has 0 aliphatic heterocycles. The Hall–Kier alpha value is -2.07. The first kappa shape index (κ1) is 12.4. The summed E-state index contributed by atoms with van der Waals surface area (Å²) in [5.74, 6) is -0.389. The van der Waals surface area contributed by atoms with Crippen molar-refractivity contribution in [2.75, 3.05) is 5.32 Å². The molecule has 0 bridgehead atoms. The molecule has 1 heterocycles. The Morgan fingerprint density at radius 1 is 1.39 bits per heavy atom. The van der Waals surface area contributed by atoms with E-state index in [2.05, 4.69) is 10.3 Å². The standard InChI is InChI=1S/C13H11ClN2O2/c1-8-4-5-15-7-12(8)16-13(18)10-6-9(17)2-3-11(10)14/h2-7,17H,1H3,(H,16,18). The summed E-state index contributed by atoms with van der Waals surface area (Å²) < 4.78 is 0. The average Bonchev–Trinajstić information content (AvgIpc) is 2.35. The Balaban J connectivity index is 2.28. The van der Waals surface area contributed by atoms with Crippen LogP contribution in [0.5, 0.6) is 5.75 Å². The fourth-order valence-electron chi connectivity index (χ4n) is 1.47. The molecule has 0 aliphatic carbocycles. The lowest BCUT2D eigenvalue weighted by atomic mass is 10.2. The number of carbonyl (C=O) groups is 1. The number of phenolic OH excluding ortho intramolecular Hbond substituents is 1. The largest absolute Gasteiger partial charge is 0.508 e. The lowest BCUT2D eigenvalue weighted by Crippen LogP contribution is -2.13. The molecule has 0 radical (unpaired) electrons. The zero-order valence-electron chi connectivity index (χ0n) is 9.64. The highest BCUT2D eigenvalue weighted by Gasteiger charge is 2.12. The molecule has 2 aromatic rings. The van der Waals surface area contributed by atoms with Crippen molar-refractivity contribution in [2.45, 2.75) is 6.92 Å². The SMILES string of the molecule is Cc1ccncc1NC(=O)c1cc(O)ccc1Cl. The van der Waals surface area contributed by atoms with Gasteiger partial charge in [-0.25, -0.2) is 0 Å². The number of hydrogen-bond acceptors (Lipinski definition) is 3. The second kappa shape index (κ2) is 5.06. The first-order chi connectivity index (χ1) is 8.58. The van der Waals surface area contributed by atoms with Crippen molar-refractivity contribution in [3.8, 4) is 5.75 Å². The van der Waals surface area contributed by atoms with E-state index in [-0.39, 0.29) is 22.2 Å². The van der Waals surface area contributed by atoms with Gasteiger partial charge >= 0.3 is 0 Å². The third kappa shape index (κ3) is 2.60. The van der Waals surface area contributed by atoms with Gasteiger partial charge in [-0.3, -0.25) is 9.78 Å². The van der Waals surface area contributed by atoms with Gasteiger partial charge in [0, 0.05) is 6.20 Å². The van der Waals surface area contributed by atoms with Crippen molar-refractivity contribution in [1.82, 2.24) is 4.98 Å². The zero-order valence-corrected chi connectivity index (χ0v) is 10.4. The van der Waals surface area contributed by atoms with E-state index in [1.807, 2.05) is 6.92 Å². The highest BCUT2D eigenvalue weighted by atomic mass is 35.5. The van der Waals surface area contributed by atoms with Crippen LogP contribution < -0.4 is 5.32 Å². The predicted octanol–water partition coefficient (Wildman–Crippen LogP) is 3.00. The summed E-state index contributed by atoms with van der Waals surface area (Å²) in [4.78, 5) is 15.9. The number of nitrogens with one attached hydrogen (secondary N) is 1. The molecule has 92 valence electrons. The molecular formula is C13H11ClN2O2. The Labute approximate surface area is 109 Å². The van der Waals surface area contributed by atoms with E-state index in [1.54, 1.807) is 18.5 Å². The minimum Gasteiger partial charge on any atom is -0.508 e. The van der Waals surface area contributed by atoms with Crippen LogP contribution in [-0.4, -0.2) is 16.0 Å². The number of aromatic hydroxyl groups is 1. The molecule has 1 aromatic carbocycles. The van der Waals surface area contributed by atoms with Gasteiger partial charge in [0.1, 0.15) is 5.75 Å². The molecule has 0 aliphatic rings. The van der Waals surface area contributed by atoms with Crippen molar-refractivity contribution in [2.24, 2.45) is 0 Å². The zero-order chi connectivity index (χ0) is 13.1. The van der Waals surface area contributed by atoms with Gasteiger partial charge in [0.15, 0.2) is 0 Å². The summed E-state index contributed by atoms with van der Waals surface area (Å²) in [6, 6.07) is 6.01. The fraction of sp³-hybridized carbons (Fsp3) is 0.0769. The summed E-state index contributed by atoms with van der Waals surface area (Å²) >= 11 is 5.91. The normalized spacial score (nSPS) is 10.1. The van der Waals surface area contributed by atoms with Gasteiger partial charge in [0.05, 0.1) is 22.5 Å². The molecule has 0 saturated heterocycles. The molecular weight excluding hydrogens is 252 g/mol. The summed E-state index contributed by atoms with van der Waals surface area (Å²) in [5, 5.41) is 12.3. The fourth-order valence-corrected chi connectivity index (χ4v) is 1.68. The lowest BCUT2D eigenvalue weighted by molar-refractivity contribution is 0.102. The monoisotopic (exact) mass is 262 g/mol. The van der Waals surface area contributed by atoms with Gasteiger partial charge < -0.3 is 10.4 Å². The van der Waals surface area contributed by atoms with E-state index < -0.39 is 0 Å². The highest BCUT2D eigenvalue weighted by Crippen LogP contribution is 2.22. The van der Waals surface area contributed by atoms with E-state index >= 15 is 0 Å². The molecule has 2 N–H and O–H groups in total. The molecule has 0 fully saturated rings. The van der Waals surface area contributed by atoms with Crippen LogP contribution in [0.4, 0.5) is 5.69 Å². The number of pyridine rings is 1. The number of benzene rings is 1. The number of rotatable bonds is 2. The van der Waals surface area contributed by atoms with Crippen LogP contribution >= 0.6 is 11.6 Å². The number of aromatic nitrogens is 1. The molecule has 1 aromatic heterocycles. The molecule has 1 amide bonds. The highest BCUT2D eigenvalue weighted by molar-refractivity contribution is 6.34. The first-order valence-corrected chi connectivity index (χ1v) is 5.66. The summed E-state index contributed by atoms with van der Waals surface area (Å²) in [6.07, 6.45) is 3.20.